The van der Waals surface area contributed by atoms with Crippen molar-refractivity contribution >= 4 is 39.8 Å². The van der Waals surface area contributed by atoms with Gasteiger partial charge < -0.3 is 4.98 Å². The molecule has 0 bridgehead atoms. The van der Waals surface area contributed by atoms with Crippen LogP contribution >= 0.6 is 23.1 Å². The summed E-state index contributed by atoms with van der Waals surface area (Å²) < 4.78 is 0. The molecule has 2 nitrogen and oxygen atoms in total. The van der Waals surface area contributed by atoms with Crippen LogP contribution in [0.1, 0.15) is 22.5 Å². The maximum Gasteiger partial charge on any atom is 0.172 e. The molecule has 0 radical (unpaired) electrons. The van der Waals surface area contributed by atoms with Crippen LogP contribution in [0.15, 0.2) is 52.9 Å². The fourth-order valence-corrected chi connectivity index (χ4v) is 3.70. The van der Waals surface area contributed by atoms with Crippen molar-refractivity contribution in [1.82, 2.24) is 4.98 Å². The molecule has 0 aliphatic heterocycles. The highest BCUT2D eigenvalue weighted by Crippen LogP contribution is 2.24. The second-order valence-electron chi connectivity index (χ2n) is 4.57. The third-order valence-corrected chi connectivity index (χ3v) is 5.04. The van der Waals surface area contributed by atoms with E-state index in [1.165, 1.54) is 27.3 Å². The Morgan fingerprint density at radius 2 is 2.10 bits per heavy atom. The van der Waals surface area contributed by atoms with Gasteiger partial charge in [-0.05, 0) is 35.8 Å². The van der Waals surface area contributed by atoms with Gasteiger partial charge in [0.1, 0.15) is 0 Å². The molecule has 0 unspecified atom stereocenters. The average Bonchev–Trinajstić information content (AvgIpc) is 3.11. The third kappa shape index (κ3) is 3.14. The zero-order valence-electron chi connectivity index (χ0n) is 11.0. The smallest absolute Gasteiger partial charge is 0.172 e. The number of benzene rings is 1. The van der Waals surface area contributed by atoms with Crippen LogP contribution in [0, 0.1) is 0 Å². The Kier molecular flexibility index (Phi) is 4.23. The summed E-state index contributed by atoms with van der Waals surface area (Å²) in [6.45, 7) is 0. The number of ketones is 1. The number of aromatic nitrogens is 1. The van der Waals surface area contributed by atoms with Gasteiger partial charge in [0.2, 0.25) is 0 Å². The maximum absolute atomic E-state index is 11.9. The van der Waals surface area contributed by atoms with Gasteiger partial charge in [0.25, 0.3) is 0 Å². The molecule has 4 heteroatoms. The van der Waals surface area contributed by atoms with Crippen LogP contribution in [0.4, 0.5) is 0 Å². The van der Waals surface area contributed by atoms with Crippen molar-refractivity contribution in [1.29, 1.82) is 0 Å². The topological polar surface area (TPSA) is 32.9 Å². The van der Waals surface area contributed by atoms with E-state index in [9.17, 15) is 4.79 Å². The van der Waals surface area contributed by atoms with Crippen molar-refractivity contribution in [2.45, 2.75) is 17.9 Å². The third-order valence-electron chi connectivity index (χ3n) is 3.11. The Hall–Kier alpha value is -1.52. The zero-order valence-corrected chi connectivity index (χ0v) is 12.6. The first-order valence-electron chi connectivity index (χ1n) is 6.60. The number of para-hydroxylation sites is 1. The molecule has 102 valence electrons. The van der Waals surface area contributed by atoms with Gasteiger partial charge in [-0.1, -0.05) is 24.3 Å². The Labute approximate surface area is 126 Å². The van der Waals surface area contributed by atoms with Gasteiger partial charge in [0.15, 0.2) is 5.78 Å². The SMILES string of the molecule is O=C(CCCSc1cc2ccccc2[nH]1)c1cccs1. The maximum atomic E-state index is 11.9. The number of rotatable bonds is 6. The molecule has 0 fully saturated rings. The molecule has 3 aromatic rings. The highest BCUT2D eigenvalue weighted by atomic mass is 32.2. The molecule has 0 aliphatic rings. The highest BCUT2D eigenvalue weighted by Gasteiger charge is 2.06. The number of carbonyl (C=O) groups excluding carboxylic acids is 1. The van der Waals surface area contributed by atoms with Crippen molar-refractivity contribution in [2.75, 3.05) is 5.75 Å². The summed E-state index contributed by atoms with van der Waals surface area (Å²) in [6.07, 6.45) is 1.55. The number of thioether (sulfide) groups is 1. The summed E-state index contributed by atoms with van der Waals surface area (Å²) in [6, 6.07) is 14.3. The second kappa shape index (κ2) is 6.29. The summed E-state index contributed by atoms with van der Waals surface area (Å²) in [5.74, 6) is 1.22. The molecule has 1 aromatic carbocycles. The van der Waals surface area contributed by atoms with Crippen molar-refractivity contribution in [3.63, 3.8) is 0 Å². The minimum atomic E-state index is 0.261. The van der Waals surface area contributed by atoms with Crippen LogP contribution in [0.3, 0.4) is 0 Å². The van der Waals surface area contributed by atoms with Gasteiger partial charge >= 0.3 is 0 Å². The van der Waals surface area contributed by atoms with Gasteiger partial charge in [-0.2, -0.15) is 0 Å². The molecule has 2 heterocycles. The van der Waals surface area contributed by atoms with Gasteiger partial charge in [0, 0.05) is 17.3 Å². The van der Waals surface area contributed by atoms with E-state index in [2.05, 4.69) is 23.2 Å². The van der Waals surface area contributed by atoms with E-state index in [0.29, 0.717) is 6.42 Å². The first-order chi connectivity index (χ1) is 9.83. The summed E-state index contributed by atoms with van der Waals surface area (Å²) >= 11 is 3.31. The molecular formula is C16H15NOS2. The van der Waals surface area contributed by atoms with Crippen molar-refractivity contribution < 1.29 is 4.79 Å². The van der Waals surface area contributed by atoms with Crippen LogP contribution in [-0.4, -0.2) is 16.5 Å². The number of Topliss-reactive ketones (excluding diaryl/α,β-unsaturated/α-hetero) is 1. The molecular weight excluding hydrogens is 286 g/mol. The molecule has 0 amide bonds. The van der Waals surface area contributed by atoms with Crippen LogP contribution in [0.25, 0.3) is 10.9 Å². The van der Waals surface area contributed by atoms with Crippen LogP contribution in [0.5, 0.6) is 0 Å². The van der Waals surface area contributed by atoms with E-state index in [-0.39, 0.29) is 5.78 Å². The quantitative estimate of drug-likeness (QED) is 0.395. The van der Waals surface area contributed by atoms with E-state index in [0.717, 1.165) is 17.1 Å². The van der Waals surface area contributed by atoms with Gasteiger partial charge in [0.05, 0.1) is 9.90 Å². The number of aromatic amines is 1. The minimum absolute atomic E-state index is 0.261. The van der Waals surface area contributed by atoms with Gasteiger partial charge in [-0.25, -0.2) is 0 Å². The lowest BCUT2D eigenvalue weighted by atomic mass is 10.2. The molecule has 3 rings (SSSR count). The lowest BCUT2D eigenvalue weighted by molar-refractivity contribution is 0.0986. The lowest BCUT2D eigenvalue weighted by Crippen LogP contribution is -1.96. The lowest BCUT2D eigenvalue weighted by Gasteiger charge is -1.98. The zero-order chi connectivity index (χ0) is 13.8. The Morgan fingerprint density at radius 3 is 2.90 bits per heavy atom. The fourth-order valence-electron chi connectivity index (χ4n) is 2.10. The van der Waals surface area contributed by atoms with Crippen LogP contribution in [-0.2, 0) is 0 Å². The highest BCUT2D eigenvalue weighted by molar-refractivity contribution is 7.99. The van der Waals surface area contributed by atoms with Crippen molar-refractivity contribution in [3.05, 3.63) is 52.7 Å². The number of carbonyl (C=O) groups is 1. The standard InChI is InChI=1S/C16H15NOS2/c18-14(15-8-4-9-19-15)7-3-10-20-16-11-12-5-1-2-6-13(12)17-16/h1-2,4-6,8-9,11,17H,3,7,10H2. The summed E-state index contributed by atoms with van der Waals surface area (Å²) in [7, 11) is 0. The summed E-state index contributed by atoms with van der Waals surface area (Å²) in [5.41, 5.74) is 1.17. The molecule has 0 spiro atoms. The largest absolute Gasteiger partial charge is 0.350 e. The number of hydrogen-bond donors (Lipinski definition) is 1. The van der Waals surface area contributed by atoms with Gasteiger partial charge in [-0.15, -0.1) is 23.1 Å². The first kappa shape index (κ1) is 13.5. The number of H-pyrrole nitrogens is 1. The number of hydrogen-bond acceptors (Lipinski definition) is 3. The molecule has 20 heavy (non-hydrogen) atoms. The average molecular weight is 301 g/mol. The van der Waals surface area contributed by atoms with Gasteiger partial charge in [-0.3, -0.25) is 4.79 Å². The Bertz CT molecular complexity index is 667. The Morgan fingerprint density at radius 1 is 1.20 bits per heavy atom. The van der Waals surface area contributed by atoms with E-state index >= 15 is 0 Å². The molecule has 2 aromatic heterocycles. The monoisotopic (exact) mass is 301 g/mol. The second-order valence-corrected chi connectivity index (χ2v) is 6.66. The summed E-state index contributed by atoms with van der Waals surface area (Å²) in [4.78, 5) is 16.1. The number of thiophene rings is 1. The predicted octanol–water partition coefficient (Wildman–Crippen LogP) is 4.98. The van der Waals surface area contributed by atoms with E-state index in [4.69, 9.17) is 0 Å². The molecule has 0 atom stereocenters. The Balaban J connectivity index is 1.49. The van der Waals surface area contributed by atoms with E-state index in [1.54, 1.807) is 11.8 Å². The van der Waals surface area contributed by atoms with Crippen LogP contribution < -0.4 is 0 Å². The fraction of sp³-hybridized carbons (Fsp3) is 0.188. The molecule has 0 saturated heterocycles. The first-order valence-corrected chi connectivity index (χ1v) is 8.47. The van der Waals surface area contributed by atoms with Crippen molar-refractivity contribution in [3.8, 4) is 0 Å². The predicted molar refractivity (Wildman–Crippen MR) is 86.9 cm³/mol. The minimum Gasteiger partial charge on any atom is -0.350 e. The number of nitrogens with one attached hydrogen (secondary N) is 1. The van der Waals surface area contributed by atoms with Crippen molar-refractivity contribution in [2.24, 2.45) is 0 Å². The molecule has 0 saturated carbocycles. The normalized spacial score (nSPS) is 11.0. The summed E-state index contributed by atoms with van der Waals surface area (Å²) in [5, 5.41) is 4.37. The van der Waals surface area contributed by atoms with Crippen LogP contribution in [0.2, 0.25) is 0 Å². The number of fused-ring (bicyclic) bond motifs is 1. The van der Waals surface area contributed by atoms with E-state index < -0.39 is 0 Å². The molecule has 0 aliphatic carbocycles. The molecule has 1 N–H and O–H groups in total. The van der Waals surface area contributed by atoms with E-state index in [1.807, 2.05) is 29.6 Å².